The number of hydrogen-bond acceptors (Lipinski definition) is 3. The summed E-state index contributed by atoms with van der Waals surface area (Å²) < 4.78 is 1.62. The lowest BCUT2D eigenvalue weighted by molar-refractivity contribution is 0.846. The predicted octanol–water partition coefficient (Wildman–Crippen LogP) is 0.551. The van der Waals surface area contributed by atoms with Gasteiger partial charge in [-0.05, 0) is 18.2 Å². The zero-order valence-corrected chi connectivity index (χ0v) is 7.38. The molecule has 0 aliphatic carbocycles. The van der Waals surface area contributed by atoms with Gasteiger partial charge in [-0.15, -0.1) is 0 Å². The summed E-state index contributed by atoms with van der Waals surface area (Å²) in [5.74, 6) is 0.684. The Hall–Kier alpha value is -2.17. The molecule has 14 heavy (non-hydrogen) atoms. The second kappa shape index (κ2) is 3.29. The summed E-state index contributed by atoms with van der Waals surface area (Å²) in [6, 6.07) is 5.22. The van der Waals surface area contributed by atoms with E-state index >= 15 is 0 Å². The molecule has 2 rings (SSSR count). The molecule has 2 aromatic heterocycles. The highest BCUT2D eigenvalue weighted by Crippen LogP contribution is 2.04. The van der Waals surface area contributed by atoms with Gasteiger partial charge < -0.3 is 5.73 Å². The maximum Gasteiger partial charge on any atom is 0.153 e. The van der Waals surface area contributed by atoms with Crippen LogP contribution in [0, 0.1) is 5.41 Å². The number of rotatable bonds is 2. The molecule has 3 N–H and O–H groups in total. The second-order valence-corrected chi connectivity index (χ2v) is 2.77. The van der Waals surface area contributed by atoms with Crippen LogP contribution in [0.25, 0.3) is 5.82 Å². The SMILES string of the molecule is N=C(N)c1ccnc(-n2cccn2)c1. The van der Waals surface area contributed by atoms with E-state index in [-0.39, 0.29) is 5.84 Å². The fraction of sp³-hybridized carbons (Fsp3) is 0. The minimum Gasteiger partial charge on any atom is -0.384 e. The van der Waals surface area contributed by atoms with Gasteiger partial charge in [-0.1, -0.05) is 0 Å². The first kappa shape index (κ1) is 8.43. The summed E-state index contributed by atoms with van der Waals surface area (Å²) in [6.45, 7) is 0. The lowest BCUT2D eigenvalue weighted by atomic mass is 10.2. The standard InChI is InChI=1S/C9H9N5/c10-9(11)7-2-4-12-8(6-7)14-5-1-3-13-14/h1-6H,(H3,10,11). The fourth-order valence-electron chi connectivity index (χ4n) is 1.12. The number of amidine groups is 1. The molecular weight excluding hydrogens is 178 g/mol. The van der Waals surface area contributed by atoms with Crippen LogP contribution in [0.1, 0.15) is 5.56 Å². The smallest absolute Gasteiger partial charge is 0.153 e. The van der Waals surface area contributed by atoms with Crippen LogP contribution in [0.15, 0.2) is 36.8 Å². The molecule has 5 heteroatoms. The van der Waals surface area contributed by atoms with Gasteiger partial charge in [0.1, 0.15) is 5.84 Å². The largest absolute Gasteiger partial charge is 0.384 e. The highest BCUT2D eigenvalue weighted by Gasteiger charge is 2.00. The fourth-order valence-corrected chi connectivity index (χ4v) is 1.12. The number of pyridine rings is 1. The van der Waals surface area contributed by atoms with E-state index in [1.807, 2.05) is 6.07 Å². The number of nitrogen functional groups attached to an aromatic ring is 1. The van der Waals surface area contributed by atoms with Gasteiger partial charge in [0.2, 0.25) is 0 Å². The summed E-state index contributed by atoms with van der Waals surface area (Å²) in [5, 5.41) is 11.3. The van der Waals surface area contributed by atoms with Gasteiger partial charge in [0, 0.05) is 24.2 Å². The molecule has 0 fully saturated rings. The Kier molecular flexibility index (Phi) is 1.98. The normalized spacial score (nSPS) is 10.0. The van der Waals surface area contributed by atoms with Crippen LogP contribution in [0.2, 0.25) is 0 Å². The molecule has 0 saturated heterocycles. The van der Waals surface area contributed by atoms with E-state index in [9.17, 15) is 0 Å². The maximum atomic E-state index is 7.28. The minimum absolute atomic E-state index is 0.0285. The lowest BCUT2D eigenvalue weighted by Gasteiger charge is -2.02. The van der Waals surface area contributed by atoms with Crippen molar-refractivity contribution < 1.29 is 0 Å². The van der Waals surface area contributed by atoms with Crippen molar-refractivity contribution in [2.45, 2.75) is 0 Å². The third kappa shape index (κ3) is 1.47. The van der Waals surface area contributed by atoms with E-state index in [1.54, 1.807) is 35.4 Å². The molecule has 2 aromatic rings. The number of hydrogen-bond donors (Lipinski definition) is 2. The minimum atomic E-state index is 0.0285. The van der Waals surface area contributed by atoms with E-state index in [4.69, 9.17) is 11.1 Å². The first-order valence-electron chi connectivity index (χ1n) is 4.08. The van der Waals surface area contributed by atoms with Crippen molar-refractivity contribution in [1.29, 1.82) is 5.41 Å². The lowest BCUT2D eigenvalue weighted by Crippen LogP contribution is -2.12. The monoisotopic (exact) mass is 187 g/mol. The number of nitrogens with zero attached hydrogens (tertiary/aromatic N) is 3. The Morgan fingerprint density at radius 3 is 2.93 bits per heavy atom. The van der Waals surface area contributed by atoms with Crippen LogP contribution in [0.3, 0.4) is 0 Å². The Morgan fingerprint density at radius 1 is 1.43 bits per heavy atom. The Morgan fingerprint density at radius 2 is 2.29 bits per heavy atom. The van der Waals surface area contributed by atoms with Crippen LogP contribution < -0.4 is 5.73 Å². The molecule has 0 spiro atoms. The van der Waals surface area contributed by atoms with E-state index in [0.717, 1.165) is 0 Å². The summed E-state index contributed by atoms with van der Waals surface area (Å²) in [6.07, 6.45) is 5.06. The zero-order valence-electron chi connectivity index (χ0n) is 7.38. The van der Waals surface area contributed by atoms with Gasteiger partial charge in [0.05, 0.1) is 0 Å². The third-order valence-electron chi connectivity index (χ3n) is 1.80. The average molecular weight is 187 g/mol. The molecule has 0 amide bonds. The van der Waals surface area contributed by atoms with E-state index < -0.39 is 0 Å². The molecule has 0 unspecified atom stereocenters. The van der Waals surface area contributed by atoms with Gasteiger partial charge >= 0.3 is 0 Å². The quantitative estimate of drug-likeness (QED) is 0.532. The highest BCUT2D eigenvalue weighted by atomic mass is 15.3. The average Bonchev–Trinajstić information content (AvgIpc) is 2.71. The Balaban J connectivity index is 2.46. The molecule has 0 aromatic carbocycles. The summed E-state index contributed by atoms with van der Waals surface area (Å²) in [4.78, 5) is 4.11. The van der Waals surface area contributed by atoms with Crippen LogP contribution in [0.5, 0.6) is 0 Å². The molecule has 0 saturated carbocycles. The van der Waals surface area contributed by atoms with Crippen molar-refractivity contribution >= 4 is 5.84 Å². The Labute approximate surface area is 80.7 Å². The number of nitrogens with two attached hydrogens (primary N) is 1. The molecule has 0 radical (unpaired) electrons. The van der Waals surface area contributed by atoms with Crippen molar-refractivity contribution in [3.05, 3.63) is 42.4 Å². The van der Waals surface area contributed by atoms with Crippen LogP contribution in [-0.2, 0) is 0 Å². The molecular formula is C9H9N5. The summed E-state index contributed by atoms with van der Waals surface area (Å²) >= 11 is 0. The molecule has 0 bridgehead atoms. The van der Waals surface area contributed by atoms with Gasteiger partial charge in [-0.25, -0.2) is 9.67 Å². The van der Waals surface area contributed by atoms with Gasteiger partial charge in [0.25, 0.3) is 0 Å². The van der Waals surface area contributed by atoms with Crippen molar-refractivity contribution in [1.82, 2.24) is 14.8 Å². The van der Waals surface area contributed by atoms with Crippen molar-refractivity contribution in [2.24, 2.45) is 5.73 Å². The number of aromatic nitrogens is 3. The Bertz CT molecular complexity index is 446. The van der Waals surface area contributed by atoms with Crippen molar-refractivity contribution in [3.8, 4) is 5.82 Å². The van der Waals surface area contributed by atoms with Gasteiger partial charge in [-0.2, -0.15) is 5.10 Å². The van der Waals surface area contributed by atoms with Crippen LogP contribution >= 0.6 is 0 Å². The second-order valence-electron chi connectivity index (χ2n) is 2.77. The maximum absolute atomic E-state index is 7.28. The van der Waals surface area contributed by atoms with E-state index in [2.05, 4.69) is 10.1 Å². The molecule has 70 valence electrons. The van der Waals surface area contributed by atoms with Crippen LogP contribution in [0.4, 0.5) is 0 Å². The first-order valence-corrected chi connectivity index (χ1v) is 4.08. The molecule has 0 aliphatic rings. The molecule has 5 nitrogen and oxygen atoms in total. The van der Waals surface area contributed by atoms with Crippen molar-refractivity contribution in [3.63, 3.8) is 0 Å². The molecule has 0 aliphatic heterocycles. The van der Waals surface area contributed by atoms with Crippen molar-refractivity contribution in [2.75, 3.05) is 0 Å². The molecule has 2 heterocycles. The van der Waals surface area contributed by atoms with Gasteiger partial charge in [0.15, 0.2) is 5.82 Å². The summed E-state index contributed by atoms with van der Waals surface area (Å²) in [7, 11) is 0. The highest BCUT2D eigenvalue weighted by molar-refractivity contribution is 5.95. The number of nitrogens with one attached hydrogen (secondary N) is 1. The third-order valence-corrected chi connectivity index (χ3v) is 1.80. The predicted molar refractivity (Wildman–Crippen MR) is 52.4 cm³/mol. The van der Waals surface area contributed by atoms with Crippen LogP contribution in [-0.4, -0.2) is 20.6 Å². The van der Waals surface area contributed by atoms with Gasteiger partial charge in [-0.3, -0.25) is 5.41 Å². The first-order chi connectivity index (χ1) is 6.77. The molecule has 0 atom stereocenters. The summed E-state index contributed by atoms with van der Waals surface area (Å²) in [5.41, 5.74) is 6.01. The van der Waals surface area contributed by atoms with E-state index in [0.29, 0.717) is 11.4 Å². The van der Waals surface area contributed by atoms with E-state index in [1.165, 1.54) is 0 Å². The zero-order chi connectivity index (χ0) is 9.97. The topological polar surface area (TPSA) is 80.6 Å².